The van der Waals surface area contributed by atoms with E-state index in [1.165, 1.54) is 218 Å². The molecule has 6 nitrogen and oxygen atoms in total. The highest BCUT2D eigenvalue weighted by molar-refractivity contribution is 5.71. The van der Waals surface area contributed by atoms with Gasteiger partial charge in [0.05, 0.1) is 0 Å². The molecule has 1 unspecified atom stereocenters. The van der Waals surface area contributed by atoms with Crippen molar-refractivity contribution < 1.29 is 28.6 Å². The molecule has 0 aromatic rings. The molecule has 0 rings (SSSR count). The Balaban J connectivity index is 4.32. The summed E-state index contributed by atoms with van der Waals surface area (Å²) in [6.07, 6.45) is 94.7. The zero-order chi connectivity index (χ0) is 59.9. The van der Waals surface area contributed by atoms with Crippen molar-refractivity contribution in [3.05, 3.63) is 85.1 Å². The molecule has 0 N–H and O–H groups in total. The Morgan fingerprint density at radius 2 is 0.470 bits per heavy atom. The average Bonchev–Trinajstić information content (AvgIpc) is 3.49. The molecule has 0 saturated carbocycles. The molecule has 1 atom stereocenters. The molecule has 480 valence electrons. The van der Waals surface area contributed by atoms with Gasteiger partial charge in [-0.2, -0.15) is 0 Å². The molecule has 83 heavy (non-hydrogen) atoms. The van der Waals surface area contributed by atoms with E-state index in [1.807, 2.05) is 0 Å². The average molecular weight is 1160 g/mol. The largest absolute Gasteiger partial charge is 0.462 e. The fourth-order valence-electron chi connectivity index (χ4n) is 10.6. The van der Waals surface area contributed by atoms with E-state index in [0.29, 0.717) is 19.3 Å². The van der Waals surface area contributed by atoms with Crippen LogP contribution in [0.2, 0.25) is 0 Å². The molecule has 0 heterocycles. The van der Waals surface area contributed by atoms with Crippen LogP contribution in [0, 0.1) is 0 Å². The number of hydrogen-bond donors (Lipinski definition) is 0. The van der Waals surface area contributed by atoms with E-state index < -0.39 is 6.10 Å². The summed E-state index contributed by atoms with van der Waals surface area (Å²) in [4.78, 5) is 38.5. The first-order chi connectivity index (χ1) is 41.0. The van der Waals surface area contributed by atoms with Gasteiger partial charge in [0, 0.05) is 19.3 Å². The lowest BCUT2D eigenvalue weighted by atomic mass is 10.0. The predicted octanol–water partition coefficient (Wildman–Crippen LogP) is 25.0. The Bertz CT molecular complexity index is 1570. The first-order valence-corrected chi connectivity index (χ1v) is 36.1. The number of rotatable bonds is 66. The number of unbranched alkanes of at least 4 members (excludes halogenated alkanes) is 41. The Labute approximate surface area is 515 Å². The van der Waals surface area contributed by atoms with Crippen LogP contribution in [0.15, 0.2) is 85.1 Å². The minimum atomic E-state index is -0.782. The summed E-state index contributed by atoms with van der Waals surface area (Å²) in [5, 5.41) is 0. The van der Waals surface area contributed by atoms with Crippen molar-refractivity contribution in [1.29, 1.82) is 0 Å². The van der Waals surface area contributed by atoms with Gasteiger partial charge < -0.3 is 14.2 Å². The Kier molecular flexibility index (Phi) is 68.2. The number of allylic oxidation sites excluding steroid dienone is 14. The number of esters is 3. The quantitative estimate of drug-likeness (QED) is 0.0261. The van der Waals surface area contributed by atoms with Gasteiger partial charge in [-0.3, -0.25) is 14.4 Å². The topological polar surface area (TPSA) is 78.9 Å². The van der Waals surface area contributed by atoms with Crippen LogP contribution in [-0.4, -0.2) is 37.2 Å². The molecule has 0 saturated heterocycles. The Hall–Kier alpha value is -3.41. The van der Waals surface area contributed by atoms with E-state index in [2.05, 4.69) is 106 Å². The maximum atomic E-state index is 13.0. The maximum Gasteiger partial charge on any atom is 0.306 e. The SMILES string of the molecule is CC/C=C\C/C=C\C/C=C\C/C=C\CCCCCCCCCCCCCCC(=O)OCC(COC(=O)CCCCCCCCC/C=C\C/C=C\C/C=C\CC)OC(=O)CCCCCCCCCCCCCCCCCCCCCCCCC. The van der Waals surface area contributed by atoms with Crippen molar-refractivity contribution in [3.63, 3.8) is 0 Å². The van der Waals surface area contributed by atoms with E-state index in [-0.39, 0.29) is 31.1 Å². The molecule has 0 aromatic heterocycles. The fraction of sp³-hybridized carbons (Fsp3) is 0.779. The van der Waals surface area contributed by atoms with Crippen LogP contribution >= 0.6 is 0 Å². The molecule has 0 aliphatic rings. The van der Waals surface area contributed by atoms with E-state index in [4.69, 9.17) is 14.2 Å². The highest BCUT2D eigenvalue weighted by Crippen LogP contribution is 2.18. The van der Waals surface area contributed by atoms with E-state index in [9.17, 15) is 14.4 Å². The van der Waals surface area contributed by atoms with Crippen molar-refractivity contribution in [2.75, 3.05) is 13.2 Å². The van der Waals surface area contributed by atoms with Gasteiger partial charge in [-0.15, -0.1) is 0 Å². The van der Waals surface area contributed by atoms with Crippen LogP contribution in [0.1, 0.15) is 367 Å². The molecule has 0 aliphatic carbocycles. The first kappa shape index (κ1) is 79.6. The minimum Gasteiger partial charge on any atom is -0.462 e. The number of carbonyl (C=O) groups excluding carboxylic acids is 3. The smallest absolute Gasteiger partial charge is 0.306 e. The summed E-state index contributed by atoms with van der Waals surface area (Å²) in [6.45, 7) is 6.47. The van der Waals surface area contributed by atoms with Gasteiger partial charge >= 0.3 is 17.9 Å². The summed E-state index contributed by atoms with van der Waals surface area (Å²) < 4.78 is 17.0. The molecule has 0 amide bonds. The van der Waals surface area contributed by atoms with Crippen LogP contribution < -0.4 is 0 Å². The zero-order valence-electron chi connectivity index (χ0n) is 55.2. The number of carbonyl (C=O) groups is 3. The van der Waals surface area contributed by atoms with Crippen LogP contribution in [0.3, 0.4) is 0 Å². The van der Waals surface area contributed by atoms with Gasteiger partial charge in [-0.05, 0) is 89.9 Å². The first-order valence-electron chi connectivity index (χ1n) is 36.1. The van der Waals surface area contributed by atoms with Crippen LogP contribution in [0.5, 0.6) is 0 Å². The van der Waals surface area contributed by atoms with Crippen molar-refractivity contribution in [1.82, 2.24) is 0 Å². The zero-order valence-corrected chi connectivity index (χ0v) is 55.2. The minimum absolute atomic E-state index is 0.0771. The van der Waals surface area contributed by atoms with Crippen LogP contribution in [0.4, 0.5) is 0 Å². The highest BCUT2D eigenvalue weighted by Gasteiger charge is 2.19. The Morgan fingerprint density at radius 3 is 0.735 bits per heavy atom. The highest BCUT2D eigenvalue weighted by atomic mass is 16.6. The number of hydrogen-bond acceptors (Lipinski definition) is 6. The third-order valence-corrected chi connectivity index (χ3v) is 15.9. The molecule has 6 heteroatoms. The van der Waals surface area contributed by atoms with Crippen molar-refractivity contribution in [2.24, 2.45) is 0 Å². The lowest BCUT2D eigenvalue weighted by Gasteiger charge is -2.18. The van der Waals surface area contributed by atoms with Gasteiger partial charge in [0.25, 0.3) is 0 Å². The lowest BCUT2D eigenvalue weighted by Crippen LogP contribution is -2.30. The van der Waals surface area contributed by atoms with E-state index in [1.54, 1.807) is 0 Å². The van der Waals surface area contributed by atoms with E-state index >= 15 is 0 Å². The van der Waals surface area contributed by atoms with Crippen molar-refractivity contribution in [2.45, 2.75) is 374 Å². The predicted molar refractivity (Wildman–Crippen MR) is 362 cm³/mol. The monoisotopic (exact) mass is 1160 g/mol. The van der Waals surface area contributed by atoms with Gasteiger partial charge in [-0.25, -0.2) is 0 Å². The normalized spacial score (nSPS) is 12.6. The standard InChI is InChI=1S/C77H136O6/c1-4-7-10-13-16-19-22-25-28-31-33-35-37-38-40-41-43-46-49-52-55-58-61-64-67-70-76(79)82-73-74(72-81-75(78)69-66-63-60-57-54-51-48-45-30-27-24-21-18-15-12-9-6-3)83-77(80)71-68-65-62-59-56-53-50-47-44-42-39-36-34-32-29-26-23-20-17-14-11-8-5-2/h7,9-10,12,16,18-19,21,25,27-28,30,33,35,74H,4-6,8,11,13-15,17,20,22-24,26,29,31-32,34,36-73H2,1-3H3/b10-7-,12-9-,19-16-,21-18-,28-25-,30-27-,35-33-. The summed E-state index contributed by atoms with van der Waals surface area (Å²) in [5.74, 6) is -0.866. The maximum absolute atomic E-state index is 13.0. The van der Waals surface area contributed by atoms with Gasteiger partial charge in [0.1, 0.15) is 13.2 Å². The molecule has 0 aliphatic heterocycles. The van der Waals surface area contributed by atoms with Gasteiger partial charge in [-0.1, -0.05) is 343 Å². The second-order valence-corrected chi connectivity index (χ2v) is 24.1. The van der Waals surface area contributed by atoms with Gasteiger partial charge in [0.2, 0.25) is 0 Å². The van der Waals surface area contributed by atoms with Crippen molar-refractivity contribution in [3.8, 4) is 0 Å². The second-order valence-electron chi connectivity index (χ2n) is 24.1. The van der Waals surface area contributed by atoms with Crippen LogP contribution in [-0.2, 0) is 28.6 Å². The van der Waals surface area contributed by atoms with E-state index in [0.717, 1.165) is 109 Å². The summed E-state index contributed by atoms with van der Waals surface area (Å²) in [6, 6.07) is 0. The molecule has 0 radical (unpaired) electrons. The van der Waals surface area contributed by atoms with Gasteiger partial charge in [0.15, 0.2) is 6.10 Å². The molecule has 0 fully saturated rings. The third kappa shape index (κ3) is 69.3. The molecule has 0 spiro atoms. The number of ether oxygens (including phenoxy) is 3. The summed E-state index contributed by atoms with van der Waals surface area (Å²) in [7, 11) is 0. The Morgan fingerprint density at radius 1 is 0.253 bits per heavy atom. The molecular formula is C77H136O6. The lowest BCUT2D eigenvalue weighted by molar-refractivity contribution is -0.167. The second kappa shape index (κ2) is 71.1. The van der Waals surface area contributed by atoms with Crippen molar-refractivity contribution >= 4 is 17.9 Å². The summed E-state index contributed by atoms with van der Waals surface area (Å²) in [5.41, 5.74) is 0. The third-order valence-electron chi connectivity index (χ3n) is 15.9. The molecule has 0 bridgehead atoms. The molecular weight excluding hydrogens is 1020 g/mol. The van der Waals surface area contributed by atoms with Crippen LogP contribution in [0.25, 0.3) is 0 Å². The molecule has 0 aromatic carbocycles. The fourth-order valence-corrected chi connectivity index (χ4v) is 10.6. The summed E-state index contributed by atoms with van der Waals surface area (Å²) >= 11 is 0.